The first kappa shape index (κ1) is 21.6. The molecule has 0 N–H and O–H groups in total. The molecule has 2 atom stereocenters. The number of carbonyl (C=O) groups excluding carboxylic acids is 2. The monoisotopic (exact) mass is 428 g/mol. The zero-order chi connectivity index (χ0) is 22.5. The number of hydrogen-bond acceptors (Lipinski definition) is 3. The van der Waals surface area contributed by atoms with Gasteiger partial charge >= 0.3 is 0 Å². The molecule has 5 heteroatoms. The smallest absolute Gasteiger partial charge is 0.265 e. The van der Waals surface area contributed by atoms with Gasteiger partial charge in [-0.3, -0.25) is 9.59 Å². The van der Waals surface area contributed by atoms with E-state index in [9.17, 15) is 9.59 Å². The number of fused-ring (bicyclic) bond motifs is 1. The highest BCUT2D eigenvalue weighted by molar-refractivity contribution is 5.98. The highest BCUT2D eigenvalue weighted by Gasteiger charge is 2.38. The lowest BCUT2D eigenvalue weighted by atomic mass is 9.89. The van der Waals surface area contributed by atoms with Crippen LogP contribution < -0.4 is 14.5 Å². The fourth-order valence-electron chi connectivity index (χ4n) is 4.39. The Labute approximate surface area is 189 Å². The Kier molecular flexibility index (Phi) is 6.55. The SMILES string of the molecule is CCC(=O)N1c2ccccc2[C@H](N(C(=O)COc2ccccc2)c2ccccc2)C[C@H]1C. The van der Waals surface area contributed by atoms with Crippen molar-refractivity contribution >= 4 is 23.2 Å². The number of nitrogens with zero attached hydrogens (tertiary/aromatic N) is 2. The third-order valence-electron chi connectivity index (χ3n) is 5.85. The van der Waals surface area contributed by atoms with Gasteiger partial charge in [-0.05, 0) is 49.2 Å². The van der Waals surface area contributed by atoms with Gasteiger partial charge in [-0.2, -0.15) is 0 Å². The Balaban J connectivity index is 1.71. The van der Waals surface area contributed by atoms with Crippen LogP contribution in [0.4, 0.5) is 11.4 Å². The van der Waals surface area contributed by atoms with Gasteiger partial charge < -0.3 is 14.5 Å². The summed E-state index contributed by atoms with van der Waals surface area (Å²) in [6.45, 7) is 3.86. The molecule has 0 bridgehead atoms. The molecule has 2 amide bonds. The summed E-state index contributed by atoms with van der Waals surface area (Å²) >= 11 is 0. The van der Waals surface area contributed by atoms with Gasteiger partial charge in [-0.1, -0.05) is 61.5 Å². The van der Waals surface area contributed by atoms with Crippen LogP contribution in [0.2, 0.25) is 0 Å². The number of benzene rings is 3. The first-order chi connectivity index (χ1) is 15.6. The Morgan fingerprint density at radius 1 is 0.938 bits per heavy atom. The van der Waals surface area contributed by atoms with Crippen LogP contribution in [0.1, 0.15) is 38.3 Å². The van der Waals surface area contributed by atoms with E-state index in [0.29, 0.717) is 18.6 Å². The maximum absolute atomic E-state index is 13.5. The summed E-state index contributed by atoms with van der Waals surface area (Å²) in [5.74, 6) is 0.627. The normalized spacial score (nSPS) is 17.4. The van der Waals surface area contributed by atoms with Crippen LogP contribution in [-0.4, -0.2) is 24.5 Å². The quantitative estimate of drug-likeness (QED) is 0.530. The lowest BCUT2D eigenvalue weighted by Gasteiger charge is -2.43. The van der Waals surface area contributed by atoms with Gasteiger partial charge in [-0.15, -0.1) is 0 Å². The van der Waals surface area contributed by atoms with E-state index in [1.54, 1.807) is 0 Å². The van der Waals surface area contributed by atoms with Gasteiger partial charge in [0, 0.05) is 23.8 Å². The van der Waals surface area contributed by atoms with Gasteiger partial charge in [0.25, 0.3) is 5.91 Å². The summed E-state index contributed by atoms with van der Waals surface area (Å²) < 4.78 is 5.80. The van der Waals surface area contributed by atoms with E-state index in [1.165, 1.54) is 0 Å². The number of para-hydroxylation sites is 3. The van der Waals surface area contributed by atoms with Crippen molar-refractivity contribution in [3.63, 3.8) is 0 Å². The molecular formula is C27H28N2O3. The van der Waals surface area contributed by atoms with E-state index in [4.69, 9.17) is 4.74 Å². The fraction of sp³-hybridized carbons (Fsp3) is 0.259. The number of anilines is 2. The minimum absolute atomic E-state index is 0.0311. The molecule has 1 aliphatic heterocycles. The molecule has 0 radical (unpaired) electrons. The van der Waals surface area contributed by atoms with E-state index in [-0.39, 0.29) is 30.5 Å². The van der Waals surface area contributed by atoms with Crippen LogP contribution in [0.25, 0.3) is 0 Å². The summed E-state index contributed by atoms with van der Waals surface area (Å²) in [6.07, 6.45) is 1.09. The topological polar surface area (TPSA) is 49.9 Å². The van der Waals surface area contributed by atoms with Crippen molar-refractivity contribution in [1.29, 1.82) is 0 Å². The van der Waals surface area contributed by atoms with E-state index in [1.807, 2.05) is 109 Å². The lowest BCUT2D eigenvalue weighted by Crippen LogP contribution is -2.48. The molecule has 5 nitrogen and oxygen atoms in total. The highest BCUT2D eigenvalue weighted by Crippen LogP contribution is 2.42. The molecule has 0 spiro atoms. The van der Waals surface area contributed by atoms with Crippen molar-refractivity contribution in [2.24, 2.45) is 0 Å². The molecule has 1 heterocycles. The van der Waals surface area contributed by atoms with Gasteiger partial charge in [0.15, 0.2) is 6.61 Å². The predicted molar refractivity (Wildman–Crippen MR) is 127 cm³/mol. The van der Waals surface area contributed by atoms with Crippen molar-refractivity contribution in [3.8, 4) is 5.75 Å². The van der Waals surface area contributed by atoms with E-state index in [2.05, 4.69) is 0 Å². The minimum Gasteiger partial charge on any atom is -0.484 e. The zero-order valence-electron chi connectivity index (χ0n) is 18.5. The summed E-state index contributed by atoms with van der Waals surface area (Å²) in [4.78, 5) is 29.9. The van der Waals surface area contributed by atoms with Crippen LogP contribution in [0.5, 0.6) is 5.75 Å². The van der Waals surface area contributed by atoms with E-state index in [0.717, 1.165) is 16.9 Å². The second-order valence-corrected chi connectivity index (χ2v) is 7.98. The molecule has 0 unspecified atom stereocenters. The minimum atomic E-state index is -0.198. The van der Waals surface area contributed by atoms with Gasteiger partial charge in [0.2, 0.25) is 5.91 Å². The molecule has 0 aromatic heterocycles. The summed E-state index contributed by atoms with van der Waals surface area (Å²) in [6, 6.07) is 26.7. The first-order valence-electron chi connectivity index (χ1n) is 11.1. The molecule has 0 saturated carbocycles. The third kappa shape index (κ3) is 4.37. The Hall–Kier alpha value is -3.60. The van der Waals surface area contributed by atoms with Crippen molar-refractivity contribution in [3.05, 3.63) is 90.5 Å². The van der Waals surface area contributed by atoms with E-state index >= 15 is 0 Å². The standard InChI is InChI=1S/C27H28N2O3/c1-3-26(30)28-20(2)18-25(23-16-10-11-17-24(23)28)29(21-12-6-4-7-13-21)27(31)19-32-22-14-8-5-9-15-22/h4-17,20,25H,3,18-19H2,1-2H3/t20-,25-/m1/s1. The summed E-state index contributed by atoms with van der Waals surface area (Å²) in [5.41, 5.74) is 2.67. The molecule has 4 rings (SSSR count). The molecule has 1 aliphatic rings. The van der Waals surface area contributed by atoms with Crippen LogP contribution in [0.3, 0.4) is 0 Å². The molecule has 0 saturated heterocycles. The number of amides is 2. The van der Waals surface area contributed by atoms with Gasteiger partial charge in [0.1, 0.15) is 5.75 Å². The average Bonchev–Trinajstić information content (AvgIpc) is 2.84. The van der Waals surface area contributed by atoms with Crippen LogP contribution >= 0.6 is 0 Å². The zero-order valence-corrected chi connectivity index (χ0v) is 18.5. The molecule has 164 valence electrons. The summed E-state index contributed by atoms with van der Waals surface area (Å²) in [5, 5.41) is 0. The predicted octanol–water partition coefficient (Wildman–Crippen LogP) is 5.38. The number of ether oxygens (including phenoxy) is 1. The van der Waals surface area contributed by atoms with Crippen LogP contribution in [0.15, 0.2) is 84.9 Å². The maximum atomic E-state index is 13.5. The molecule has 0 aliphatic carbocycles. The lowest BCUT2D eigenvalue weighted by molar-refractivity contribution is -0.121. The number of carbonyl (C=O) groups is 2. The van der Waals surface area contributed by atoms with Crippen molar-refractivity contribution in [2.75, 3.05) is 16.4 Å². The van der Waals surface area contributed by atoms with Gasteiger partial charge in [0.05, 0.1) is 6.04 Å². The maximum Gasteiger partial charge on any atom is 0.265 e. The second-order valence-electron chi connectivity index (χ2n) is 7.98. The van der Waals surface area contributed by atoms with Crippen molar-refractivity contribution in [2.45, 2.75) is 38.8 Å². The molecule has 0 fully saturated rings. The molecule has 3 aromatic rings. The first-order valence-corrected chi connectivity index (χ1v) is 11.1. The Bertz CT molecular complexity index is 1070. The second kappa shape index (κ2) is 9.69. The largest absolute Gasteiger partial charge is 0.484 e. The van der Waals surface area contributed by atoms with Crippen LogP contribution in [0, 0.1) is 0 Å². The Morgan fingerprint density at radius 3 is 2.25 bits per heavy atom. The van der Waals surface area contributed by atoms with Crippen LogP contribution in [-0.2, 0) is 9.59 Å². The number of hydrogen-bond donors (Lipinski definition) is 0. The summed E-state index contributed by atoms with van der Waals surface area (Å²) in [7, 11) is 0. The van der Waals surface area contributed by atoms with Crippen molar-refractivity contribution < 1.29 is 14.3 Å². The highest BCUT2D eigenvalue weighted by atomic mass is 16.5. The third-order valence-corrected chi connectivity index (χ3v) is 5.85. The molecule has 32 heavy (non-hydrogen) atoms. The van der Waals surface area contributed by atoms with Gasteiger partial charge in [-0.25, -0.2) is 0 Å². The average molecular weight is 429 g/mol. The fourth-order valence-corrected chi connectivity index (χ4v) is 4.39. The van der Waals surface area contributed by atoms with E-state index < -0.39 is 0 Å². The van der Waals surface area contributed by atoms with Crippen molar-refractivity contribution in [1.82, 2.24) is 0 Å². The number of rotatable bonds is 6. The molecular weight excluding hydrogens is 400 g/mol. The molecule has 3 aromatic carbocycles. The Morgan fingerprint density at radius 2 is 1.56 bits per heavy atom.